The molecule has 0 spiro atoms. The summed E-state index contributed by atoms with van der Waals surface area (Å²) in [6.45, 7) is 1.90. The topological polar surface area (TPSA) is 61.0 Å². The first-order valence-electron chi connectivity index (χ1n) is 5.41. The van der Waals surface area contributed by atoms with E-state index in [9.17, 15) is 10.1 Å². The van der Waals surface area contributed by atoms with Crippen LogP contribution in [-0.4, -0.2) is 14.5 Å². The number of nitro benzene ring substituents is 1. The third kappa shape index (κ3) is 1.50. The molecule has 1 saturated carbocycles. The van der Waals surface area contributed by atoms with Crippen LogP contribution in [0.1, 0.15) is 24.7 Å². The van der Waals surface area contributed by atoms with Crippen molar-refractivity contribution in [1.29, 1.82) is 0 Å². The molecule has 0 aliphatic heterocycles. The van der Waals surface area contributed by atoms with E-state index < -0.39 is 4.92 Å². The number of aromatic nitrogens is 2. The summed E-state index contributed by atoms with van der Waals surface area (Å²) < 4.78 is 2.12. The SMILES string of the molecule is Cc1nc2c(Cl)c([N+](=O)[O-])ccc2n1C1CC1. The highest BCUT2D eigenvalue weighted by Crippen LogP contribution is 2.41. The zero-order valence-electron chi connectivity index (χ0n) is 9.18. The number of nitro groups is 1. The van der Waals surface area contributed by atoms with Gasteiger partial charge in [-0.2, -0.15) is 0 Å². The van der Waals surface area contributed by atoms with Crippen LogP contribution in [0.4, 0.5) is 5.69 Å². The standard InChI is InChI=1S/C11H10ClN3O2/c1-6-13-11-9(14(6)7-2-3-7)5-4-8(10(11)12)15(16)17/h4-5,7H,2-3H2,1H3. The molecule has 17 heavy (non-hydrogen) atoms. The molecule has 88 valence electrons. The van der Waals surface area contributed by atoms with Crippen molar-refractivity contribution in [3.8, 4) is 0 Å². The molecule has 1 aliphatic rings. The minimum Gasteiger partial charge on any atom is -0.325 e. The second-order valence-electron chi connectivity index (χ2n) is 4.28. The molecule has 1 aromatic heterocycles. The van der Waals surface area contributed by atoms with E-state index in [1.54, 1.807) is 6.07 Å². The Morgan fingerprint density at radius 2 is 2.24 bits per heavy atom. The Bertz CT molecular complexity index is 631. The van der Waals surface area contributed by atoms with Gasteiger partial charge in [0.25, 0.3) is 5.69 Å². The van der Waals surface area contributed by atoms with E-state index in [2.05, 4.69) is 9.55 Å². The Labute approximate surface area is 102 Å². The predicted molar refractivity (Wildman–Crippen MR) is 64.4 cm³/mol. The van der Waals surface area contributed by atoms with E-state index in [-0.39, 0.29) is 10.7 Å². The number of benzene rings is 1. The van der Waals surface area contributed by atoms with E-state index in [1.807, 2.05) is 6.92 Å². The molecule has 6 heteroatoms. The van der Waals surface area contributed by atoms with E-state index in [1.165, 1.54) is 6.07 Å². The Hall–Kier alpha value is -1.62. The lowest BCUT2D eigenvalue weighted by atomic mass is 10.2. The lowest BCUT2D eigenvalue weighted by Gasteiger charge is -2.03. The maximum Gasteiger partial charge on any atom is 0.290 e. The van der Waals surface area contributed by atoms with Gasteiger partial charge in [-0.1, -0.05) is 11.6 Å². The van der Waals surface area contributed by atoms with Crippen LogP contribution in [0.5, 0.6) is 0 Å². The van der Waals surface area contributed by atoms with Gasteiger partial charge in [-0.3, -0.25) is 10.1 Å². The molecule has 1 aromatic carbocycles. The van der Waals surface area contributed by atoms with Crippen molar-refractivity contribution in [3.05, 3.63) is 33.1 Å². The lowest BCUT2D eigenvalue weighted by molar-refractivity contribution is -0.384. The van der Waals surface area contributed by atoms with Crippen LogP contribution in [0.25, 0.3) is 11.0 Å². The molecule has 0 N–H and O–H groups in total. The number of imidazole rings is 1. The molecule has 1 fully saturated rings. The third-order valence-electron chi connectivity index (χ3n) is 3.06. The van der Waals surface area contributed by atoms with Gasteiger partial charge in [0.05, 0.1) is 10.4 Å². The van der Waals surface area contributed by atoms with Gasteiger partial charge >= 0.3 is 0 Å². The molecule has 0 bridgehead atoms. The van der Waals surface area contributed by atoms with E-state index in [4.69, 9.17) is 11.6 Å². The Morgan fingerprint density at radius 1 is 1.53 bits per heavy atom. The molecule has 1 aliphatic carbocycles. The summed E-state index contributed by atoms with van der Waals surface area (Å²) in [5, 5.41) is 10.9. The predicted octanol–water partition coefficient (Wildman–Crippen LogP) is 3.24. The highest BCUT2D eigenvalue weighted by Gasteiger charge is 2.28. The fourth-order valence-corrected chi connectivity index (χ4v) is 2.44. The monoisotopic (exact) mass is 251 g/mol. The van der Waals surface area contributed by atoms with Gasteiger partial charge in [0.2, 0.25) is 0 Å². The highest BCUT2D eigenvalue weighted by molar-refractivity contribution is 6.37. The molecule has 0 unspecified atom stereocenters. The number of halogens is 1. The summed E-state index contributed by atoms with van der Waals surface area (Å²) in [6.07, 6.45) is 2.28. The first kappa shape index (κ1) is 10.5. The molecule has 0 atom stereocenters. The minimum absolute atomic E-state index is 0.0837. The molecular weight excluding hydrogens is 242 g/mol. The molecule has 0 radical (unpaired) electrons. The van der Waals surface area contributed by atoms with Crippen molar-refractivity contribution in [3.63, 3.8) is 0 Å². The number of hydrogen-bond acceptors (Lipinski definition) is 3. The van der Waals surface area contributed by atoms with Crippen LogP contribution in [0, 0.1) is 17.0 Å². The number of nitrogens with zero attached hydrogens (tertiary/aromatic N) is 3. The summed E-state index contributed by atoms with van der Waals surface area (Å²) in [6, 6.07) is 3.67. The van der Waals surface area contributed by atoms with Crippen LogP contribution in [0.15, 0.2) is 12.1 Å². The average Bonchev–Trinajstić information content (AvgIpc) is 3.02. The molecule has 1 heterocycles. The third-order valence-corrected chi connectivity index (χ3v) is 3.44. The second-order valence-corrected chi connectivity index (χ2v) is 4.66. The molecule has 0 saturated heterocycles. The van der Waals surface area contributed by atoms with Gasteiger partial charge in [0.1, 0.15) is 16.4 Å². The molecule has 2 aromatic rings. The first-order chi connectivity index (χ1) is 8.09. The van der Waals surface area contributed by atoms with Crippen LogP contribution < -0.4 is 0 Å². The van der Waals surface area contributed by atoms with Crippen molar-refractivity contribution in [2.45, 2.75) is 25.8 Å². The maximum atomic E-state index is 10.8. The zero-order chi connectivity index (χ0) is 12.2. The van der Waals surface area contributed by atoms with Crippen LogP contribution in [0.2, 0.25) is 5.02 Å². The van der Waals surface area contributed by atoms with E-state index >= 15 is 0 Å². The minimum atomic E-state index is -0.479. The Kier molecular flexibility index (Phi) is 2.13. The van der Waals surface area contributed by atoms with Gasteiger partial charge < -0.3 is 4.57 Å². The summed E-state index contributed by atoms with van der Waals surface area (Å²) in [5.41, 5.74) is 1.34. The Balaban J connectivity index is 2.31. The fraction of sp³-hybridized carbons (Fsp3) is 0.364. The number of rotatable bonds is 2. The normalized spacial score (nSPS) is 15.4. The van der Waals surface area contributed by atoms with Crippen molar-refractivity contribution >= 4 is 28.3 Å². The summed E-state index contributed by atoms with van der Waals surface area (Å²) in [7, 11) is 0. The van der Waals surface area contributed by atoms with Gasteiger partial charge in [-0.15, -0.1) is 0 Å². The van der Waals surface area contributed by atoms with Crippen molar-refractivity contribution in [2.24, 2.45) is 0 Å². The van der Waals surface area contributed by atoms with Gasteiger partial charge in [0.15, 0.2) is 0 Å². The maximum absolute atomic E-state index is 10.8. The zero-order valence-corrected chi connectivity index (χ0v) is 9.94. The molecular formula is C11H10ClN3O2. The fourth-order valence-electron chi connectivity index (χ4n) is 2.17. The Morgan fingerprint density at radius 3 is 2.82 bits per heavy atom. The van der Waals surface area contributed by atoms with Crippen molar-refractivity contribution in [1.82, 2.24) is 9.55 Å². The van der Waals surface area contributed by atoms with Gasteiger partial charge in [-0.25, -0.2) is 4.98 Å². The lowest BCUT2D eigenvalue weighted by Crippen LogP contribution is -1.96. The summed E-state index contributed by atoms with van der Waals surface area (Å²) >= 11 is 6.03. The number of fused-ring (bicyclic) bond motifs is 1. The second kappa shape index (κ2) is 3.43. The highest BCUT2D eigenvalue weighted by atomic mass is 35.5. The van der Waals surface area contributed by atoms with E-state index in [0.717, 1.165) is 24.2 Å². The van der Waals surface area contributed by atoms with Gasteiger partial charge in [0, 0.05) is 12.1 Å². The summed E-state index contributed by atoms with van der Waals surface area (Å²) in [4.78, 5) is 14.7. The molecule has 3 rings (SSSR count). The van der Waals surface area contributed by atoms with E-state index in [0.29, 0.717) is 11.6 Å². The largest absolute Gasteiger partial charge is 0.325 e. The van der Waals surface area contributed by atoms with Crippen molar-refractivity contribution in [2.75, 3.05) is 0 Å². The number of hydrogen-bond donors (Lipinski definition) is 0. The number of aryl methyl sites for hydroxylation is 1. The quantitative estimate of drug-likeness (QED) is 0.608. The average molecular weight is 252 g/mol. The van der Waals surface area contributed by atoms with Crippen LogP contribution in [-0.2, 0) is 0 Å². The van der Waals surface area contributed by atoms with Crippen LogP contribution >= 0.6 is 11.6 Å². The molecule has 5 nitrogen and oxygen atoms in total. The summed E-state index contributed by atoms with van der Waals surface area (Å²) in [5.74, 6) is 0.866. The van der Waals surface area contributed by atoms with Gasteiger partial charge in [-0.05, 0) is 25.8 Å². The van der Waals surface area contributed by atoms with Crippen LogP contribution in [0.3, 0.4) is 0 Å². The first-order valence-corrected chi connectivity index (χ1v) is 5.79. The smallest absolute Gasteiger partial charge is 0.290 e. The van der Waals surface area contributed by atoms with Crippen molar-refractivity contribution < 1.29 is 4.92 Å². The molecule has 0 amide bonds.